The number of nitrogens with one attached hydrogen (secondary N) is 1. The summed E-state index contributed by atoms with van der Waals surface area (Å²) in [7, 11) is 0. The van der Waals surface area contributed by atoms with Crippen molar-refractivity contribution in [2.45, 2.75) is 25.0 Å². The fourth-order valence-electron chi connectivity index (χ4n) is 1.59. The second kappa shape index (κ2) is 3.67. The first-order chi connectivity index (χ1) is 6.66. The zero-order chi connectivity index (χ0) is 10.1. The zero-order valence-corrected chi connectivity index (χ0v) is 8.46. The Kier molecular flexibility index (Phi) is 2.52. The van der Waals surface area contributed by atoms with E-state index in [0.717, 1.165) is 18.5 Å². The van der Waals surface area contributed by atoms with Crippen LogP contribution >= 0.6 is 11.6 Å². The Labute approximate surface area is 87.9 Å². The number of halogens is 1. The van der Waals surface area contributed by atoms with Crippen molar-refractivity contribution in [2.75, 3.05) is 11.1 Å². The van der Waals surface area contributed by atoms with Gasteiger partial charge in [0.15, 0.2) is 0 Å². The van der Waals surface area contributed by atoms with E-state index in [0.29, 0.717) is 16.8 Å². The van der Waals surface area contributed by atoms with E-state index in [1.807, 2.05) is 12.1 Å². The number of nitrogens with two attached hydrogens (primary N) is 1. The molecule has 0 heterocycles. The van der Waals surface area contributed by atoms with Crippen LogP contribution in [0.5, 0.6) is 0 Å². The van der Waals surface area contributed by atoms with Gasteiger partial charge >= 0.3 is 0 Å². The number of hydrogen-bond acceptors (Lipinski definition) is 3. The molecule has 4 N–H and O–H groups in total. The third-order valence-corrected chi connectivity index (χ3v) is 2.86. The topological polar surface area (TPSA) is 58.3 Å². The van der Waals surface area contributed by atoms with Gasteiger partial charge in [0.05, 0.1) is 22.5 Å². The lowest BCUT2D eigenvalue weighted by Gasteiger charge is -2.33. The van der Waals surface area contributed by atoms with E-state index >= 15 is 0 Å². The van der Waals surface area contributed by atoms with Gasteiger partial charge in [-0.3, -0.25) is 0 Å². The van der Waals surface area contributed by atoms with Crippen molar-refractivity contribution in [3.63, 3.8) is 0 Å². The average Bonchev–Trinajstić information content (AvgIpc) is 2.10. The number of para-hydroxylation sites is 1. The summed E-state index contributed by atoms with van der Waals surface area (Å²) in [4.78, 5) is 0. The minimum atomic E-state index is -0.159. The van der Waals surface area contributed by atoms with Crippen LogP contribution in [0.25, 0.3) is 0 Å². The smallest absolute Gasteiger partial charge is 0.0739 e. The maximum atomic E-state index is 9.12. The van der Waals surface area contributed by atoms with Gasteiger partial charge < -0.3 is 16.2 Å². The second-order valence-corrected chi connectivity index (χ2v) is 4.07. The molecule has 2 rings (SSSR count). The first kappa shape index (κ1) is 9.62. The fourth-order valence-corrected chi connectivity index (χ4v) is 1.76. The van der Waals surface area contributed by atoms with Gasteiger partial charge in [-0.15, -0.1) is 0 Å². The van der Waals surface area contributed by atoms with Crippen LogP contribution in [0.1, 0.15) is 12.8 Å². The molecule has 0 radical (unpaired) electrons. The molecule has 1 fully saturated rings. The van der Waals surface area contributed by atoms with Crippen molar-refractivity contribution >= 4 is 23.0 Å². The second-order valence-electron chi connectivity index (χ2n) is 3.67. The molecule has 3 nitrogen and oxygen atoms in total. The van der Waals surface area contributed by atoms with Crippen LogP contribution in [0.3, 0.4) is 0 Å². The van der Waals surface area contributed by atoms with Gasteiger partial charge in [0.1, 0.15) is 0 Å². The van der Waals surface area contributed by atoms with E-state index in [9.17, 15) is 0 Å². The minimum Gasteiger partial charge on any atom is -0.396 e. The number of aliphatic hydroxyl groups excluding tert-OH is 1. The van der Waals surface area contributed by atoms with E-state index in [-0.39, 0.29) is 6.10 Å². The Hall–Kier alpha value is -0.930. The quantitative estimate of drug-likeness (QED) is 0.656. The Morgan fingerprint density at radius 3 is 2.79 bits per heavy atom. The van der Waals surface area contributed by atoms with Crippen LogP contribution in [0.15, 0.2) is 18.2 Å². The SMILES string of the molecule is Nc1c(Cl)cccc1NC1CC(O)C1. The first-order valence-corrected chi connectivity index (χ1v) is 5.03. The predicted octanol–water partition coefficient (Wildman–Crippen LogP) is 1.86. The largest absolute Gasteiger partial charge is 0.396 e. The van der Waals surface area contributed by atoms with Gasteiger partial charge in [-0.2, -0.15) is 0 Å². The molecule has 1 aliphatic carbocycles. The Balaban J connectivity index is 2.06. The number of hydrogen-bond donors (Lipinski definition) is 3. The Bertz CT molecular complexity index is 337. The highest BCUT2D eigenvalue weighted by molar-refractivity contribution is 6.33. The highest BCUT2D eigenvalue weighted by Crippen LogP contribution is 2.30. The zero-order valence-electron chi connectivity index (χ0n) is 7.70. The lowest BCUT2D eigenvalue weighted by atomic mass is 9.89. The molecule has 1 aromatic carbocycles. The number of anilines is 2. The normalized spacial score (nSPS) is 25.6. The summed E-state index contributed by atoms with van der Waals surface area (Å²) in [6, 6.07) is 5.84. The maximum absolute atomic E-state index is 9.12. The van der Waals surface area contributed by atoms with Crippen LogP contribution < -0.4 is 11.1 Å². The van der Waals surface area contributed by atoms with Crippen LogP contribution in [-0.4, -0.2) is 17.3 Å². The van der Waals surface area contributed by atoms with Gasteiger partial charge in [-0.1, -0.05) is 17.7 Å². The molecule has 0 bridgehead atoms. The molecule has 0 aromatic heterocycles. The van der Waals surface area contributed by atoms with Crippen LogP contribution in [0.4, 0.5) is 11.4 Å². The molecule has 4 heteroatoms. The van der Waals surface area contributed by atoms with Crippen molar-refractivity contribution in [1.29, 1.82) is 0 Å². The van der Waals surface area contributed by atoms with Crippen molar-refractivity contribution in [3.05, 3.63) is 23.2 Å². The van der Waals surface area contributed by atoms with E-state index in [4.69, 9.17) is 22.4 Å². The van der Waals surface area contributed by atoms with Gasteiger partial charge in [-0.05, 0) is 25.0 Å². The van der Waals surface area contributed by atoms with E-state index in [1.165, 1.54) is 0 Å². The highest BCUT2D eigenvalue weighted by atomic mass is 35.5. The van der Waals surface area contributed by atoms with Crippen LogP contribution in [-0.2, 0) is 0 Å². The lowest BCUT2D eigenvalue weighted by Crippen LogP contribution is -2.39. The monoisotopic (exact) mass is 212 g/mol. The molecular formula is C10H13ClN2O. The molecule has 0 amide bonds. The average molecular weight is 213 g/mol. The standard InChI is InChI=1S/C10H13ClN2O/c11-8-2-1-3-9(10(8)12)13-6-4-7(14)5-6/h1-3,6-7,13-14H,4-5,12H2. The summed E-state index contributed by atoms with van der Waals surface area (Å²) in [5, 5.41) is 12.9. The van der Waals surface area contributed by atoms with E-state index < -0.39 is 0 Å². The molecule has 1 aromatic rings. The third kappa shape index (κ3) is 1.79. The fraction of sp³-hybridized carbons (Fsp3) is 0.400. The summed E-state index contributed by atoms with van der Waals surface area (Å²) in [5.74, 6) is 0. The summed E-state index contributed by atoms with van der Waals surface area (Å²) >= 11 is 5.87. The molecule has 0 unspecified atom stereocenters. The summed E-state index contributed by atoms with van der Waals surface area (Å²) < 4.78 is 0. The molecular weight excluding hydrogens is 200 g/mol. The molecule has 76 valence electrons. The van der Waals surface area contributed by atoms with Crippen molar-refractivity contribution in [2.24, 2.45) is 0 Å². The van der Waals surface area contributed by atoms with Gasteiger partial charge in [0.25, 0.3) is 0 Å². The Morgan fingerprint density at radius 1 is 1.43 bits per heavy atom. The Morgan fingerprint density at radius 2 is 2.14 bits per heavy atom. The van der Waals surface area contributed by atoms with Gasteiger partial charge in [-0.25, -0.2) is 0 Å². The van der Waals surface area contributed by atoms with Crippen LogP contribution in [0, 0.1) is 0 Å². The number of benzene rings is 1. The highest BCUT2D eigenvalue weighted by Gasteiger charge is 2.27. The lowest BCUT2D eigenvalue weighted by molar-refractivity contribution is 0.0837. The number of rotatable bonds is 2. The first-order valence-electron chi connectivity index (χ1n) is 4.65. The molecule has 1 aliphatic rings. The molecule has 0 saturated heterocycles. The van der Waals surface area contributed by atoms with Gasteiger partial charge in [0.2, 0.25) is 0 Å². The van der Waals surface area contributed by atoms with Crippen molar-refractivity contribution < 1.29 is 5.11 Å². The number of nitrogen functional groups attached to an aromatic ring is 1. The van der Waals surface area contributed by atoms with Gasteiger partial charge in [0, 0.05) is 6.04 Å². The van der Waals surface area contributed by atoms with Crippen molar-refractivity contribution in [3.8, 4) is 0 Å². The van der Waals surface area contributed by atoms with E-state index in [2.05, 4.69) is 5.32 Å². The van der Waals surface area contributed by atoms with Crippen LogP contribution in [0.2, 0.25) is 5.02 Å². The minimum absolute atomic E-state index is 0.159. The summed E-state index contributed by atoms with van der Waals surface area (Å²) in [6.45, 7) is 0. The molecule has 0 atom stereocenters. The summed E-state index contributed by atoms with van der Waals surface area (Å²) in [5.41, 5.74) is 7.22. The summed E-state index contributed by atoms with van der Waals surface area (Å²) in [6.07, 6.45) is 1.41. The third-order valence-electron chi connectivity index (χ3n) is 2.53. The molecule has 0 aliphatic heterocycles. The molecule has 0 spiro atoms. The predicted molar refractivity (Wildman–Crippen MR) is 58.5 cm³/mol. The molecule has 1 saturated carbocycles. The molecule has 14 heavy (non-hydrogen) atoms. The van der Waals surface area contributed by atoms with Crippen molar-refractivity contribution in [1.82, 2.24) is 0 Å². The van der Waals surface area contributed by atoms with E-state index in [1.54, 1.807) is 6.07 Å². The maximum Gasteiger partial charge on any atom is 0.0739 e. The number of aliphatic hydroxyl groups is 1.